The monoisotopic (exact) mass is 425 g/mol. The maximum absolute atomic E-state index is 12.7. The number of anilines is 3. The molecule has 0 spiro atoms. The molecule has 3 amide bonds. The molecule has 2 aliphatic heterocycles. The topological polar surface area (TPSA) is 69.7 Å². The third kappa shape index (κ3) is 4.05. The minimum atomic E-state index is -0.429. The van der Waals surface area contributed by atoms with Crippen LogP contribution in [0.4, 0.5) is 17.1 Å². The van der Waals surface area contributed by atoms with Crippen LogP contribution in [-0.2, 0) is 20.8 Å². The standard InChI is InChI=1S/C23H24ClN3O3/c1-2-15-5-8-18(9-6-15)27-14-16(12-22(27)29)23(30)25-17-7-10-20(19(24)13-17)26-11-3-4-21(26)28/h5-10,13,16H,2-4,11-12,14H2,1H3,(H,25,30). The molecule has 2 heterocycles. The van der Waals surface area contributed by atoms with E-state index in [1.807, 2.05) is 24.3 Å². The lowest BCUT2D eigenvalue weighted by Crippen LogP contribution is -2.28. The molecule has 30 heavy (non-hydrogen) atoms. The first-order chi connectivity index (χ1) is 14.5. The zero-order valence-corrected chi connectivity index (χ0v) is 17.6. The molecule has 156 valence electrons. The van der Waals surface area contributed by atoms with Gasteiger partial charge in [-0.3, -0.25) is 14.4 Å². The number of halogens is 1. The Kier molecular flexibility index (Phi) is 5.77. The van der Waals surface area contributed by atoms with Crippen molar-refractivity contribution in [2.75, 3.05) is 28.2 Å². The molecule has 0 aliphatic carbocycles. The van der Waals surface area contributed by atoms with E-state index in [-0.39, 0.29) is 24.1 Å². The summed E-state index contributed by atoms with van der Waals surface area (Å²) >= 11 is 6.36. The summed E-state index contributed by atoms with van der Waals surface area (Å²) in [6.45, 7) is 3.09. The molecular weight excluding hydrogens is 402 g/mol. The third-order valence-electron chi connectivity index (χ3n) is 5.73. The Bertz CT molecular complexity index is 990. The van der Waals surface area contributed by atoms with Crippen LogP contribution in [0.1, 0.15) is 31.7 Å². The van der Waals surface area contributed by atoms with Crippen molar-refractivity contribution in [2.24, 2.45) is 5.92 Å². The molecule has 7 heteroatoms. The second-order valence-electron chi connectivity index (χ2n) is 7.73. The number of nitrogens with one attached hydrogen (secondary N) is 1. The first-order valence-corrected chi connectivity index (χ1v) is 10.6. The lowest BCUT2D eigenvalue weighted by Gasteiger charge is -2.19. The van der Waals surface area contributed by atoms with Crippen LogP contribution in [0.2, 0.25) is 5.02 Å². The zero-order valence-electron chi connectivity index (χ0n) is 16.9. The van der Waals surface area contributed by atoms with Crippen LogP contribution < -0.4 is 15.1 Å². The van der Waals surface area contributed by atoms with Gasteiger partial charge in [-0.2, -0.15) is 0 Å². The Hall–Kier alpha value is -2.86. The lowest BCUT2D eigenvalue weighted by atomic mass is 10.1. The van der Waals surface area contributed by atoms with E-state index in [2.05, 4.69) is 12.2 Å². The highest BCUT2D eigenvalue weighted by atomic mass is 35.5. The van der Waals surface area contributed by atoms with E-state index in [1.54, 1.807) is 28.0 Å². The molecule has 2 aromatic carbocycles. The first-order valence-electron chi connectivity index (χ1n) is 10.3. The summed E-state index contributed by atoms with van der Waals surface area (Å²) in [5, 5.41) is 3.28. The van der Waals surface area contributed by atoms with Crippen molar-refractivity contribution >= 4 is 46.4 Å². The smallest absolute Gasteiger partial charge is 0.229 e. The molecule has 2 aromatic rings. The van der Waals surface area contributed by atoms with Crippen LogP contribution >= 0.6 is 11.6 Å². The summed E-state index contributed by atoms with van der Waals surface area (Å²) in [6, 6.07) is 13.0. The van der Waals surface area contributed by atoms with Gasteiger partial charge in [-0.05, 0) is 48.7 Å². The highest BCUT2D eigenvalue weighted by molar-refractivity contribution is 6.34. The number of hydrogen-bond acceptors (Lipinski definition) is 3. The average Bonchev–Trinajstić information content (AvgIpc) is 3.34. The molecule has 2 aliphatic rings. The van der Waals surface area contributed by atoms with Crippen LogP contribution in [0, 0.1) is 5.92 Å². The predicted octanol–water partition coefficient (Wildman–Crippen LogP) is 4.02. The van der Waals surface area contributed by atoms with E-state index < -0.39 is 5.92 Å². The highest BCUT2D eigenvalue weighted by Gasteiger charge is 2.35. The molecule has 6 nitrogen and oxygen atoms in total. The molecule has 2 fully saturated rings. The Morgan fingerprint density at radius 3 is 2.50 bits per heavy atom. The number of nitrogens with zero attached hydrogens (tertiary/aromatic N) is 2. The van der Waals surface area contributed by atoms with Crippen molar-refractivity contribution in [3.63, 3.8) is 0 Å². The molecule has 0 aromatic heterocycles. The molecule has 1 N–H and O–H groups in total. The lowest BCUT2D eigenvalue weighted by molar-refractivity contribution is -0.122. The minimum Gasteiger partial charge on any atom is -0.326 e. The van der Waals surface area contributed by atoms with Gasteiger partial charge in [0.15, 0.2) is 0 Å². The van der Waals surface area contributed by atoms with Gasteiger partial charge in [0.05, 0.1) is 16.6 Å². The molecular formula is C23H24ClN3O3. The van der Waals surface area contributed by atoms with Crippen LogP contribution in [0.15, 0.2) is 42.5 Å². The van der Waals surface area contributed by atoms with Crippen molar-refractivity contribution in [1.29, 1.82) is 0 Å². The van der Waals surface area contributed by atoms with E-state index in [1.165, 1.54) is 5.56 Å². The zero-order chi connectivity index (χ0) is 21.3. The normalized spacial score (nSPS) is 18.9. The minimum absolute atomic E-state index is 0.0553. The number of carbonyl (C=O) groups is 3. The fourth-order valence-corrected chi connectivity index (χ4v) is 4.28. The largest absolute Gasteiger partial charge is 0.326 e. The van der Waals surface area contributed by atoms with Crippen molar-refractivity contribution in [1.82, 2.24) is 0 Å². The van der Waals surface area contributed by atoms with Gasteiger partial charge in [-0.15, -0.1) is 0 Å². The Labute approximate surface area is 180 Å². The molecule has 0 radical (unpaired) electrons. The summed E-state index contributed by atoms with van der Waals surface area (Å²) in [6.07, 6.45) is 2.46. The molecule has 0 bridgehead atoms. The van der Waals surface area contributed by atoms with E-state index in [9.17, 15) is 14.4 Å². The fraction of sp³-hybridized carbons (Fsp3) is 0.348. The first kappa shape index (κ1) is 20.4. The summed E-state index contributed by atoms with van der Waals surface area (Å²) < 4.78 is 0. The summed E-state index contributed by atoms with van der Waals surface area (Å²) in [7, 11) is 0. The predicted molar refractivity (Wildman–Crippen MR) is 118 cm³/mol. The molecule has 2 saturated heterocycles. The molecule has 4 rings (SSSR count). The van der Waals surface area contributed by atoms with Gasteiger partial charge in [0.1, 0.15) is 0 Å². The summed E-state index contributed by atoms with van der Waals surface area (Å²) in [5.41, 5.74) is 3.24. The number of amides is 3. The van der Waals surface area contributed by atoms with Gasteiger partial charge in [-0.25, -0.2) is 0 Å². The van der Waals surface area contributed by atoms with Gasteiger partial charge in [0.2, 0.25) is 17.7 Å². The van der Waals surface area contributed by atoms with E-state index in [4.69, 9.17) is 11.6 Å². The summed E-state index contributed by atoms with van der Waals surface area (Å²) in [4.78, 5) is 40.5. The van der Waals surface area contributed by atoms with Crippen molar-refractivity contribution in [3.05, 3.63) is 53.1 Å². The summed E-state index contributed by atoms with van der Waals surface area (Å²) in [5.74, 6) is -0.635. The van der Waals surface area contributed by atoms with E-state index in [0.29, 0.717) is 35.9 Å². The maximum atomic E-state index is 12.7. The van der Waals surface area contributed by atoms with E-state index >= 15 is 0 Å². The maximum Gasteiger partial charge on any atom is 0.229 e. The molecule has 0 saturated carbocycles. The Morgan fingerprint density at radius 2 is 1.87 bits per heavy atom. The van der Waals surface area contributed by atoms with Crippen molar-refractivity contribution in [2.45, 2.75) is 32.6 Å². The van der Waals surface area contributed by atoms with Gasteiger partial charge in [-0.1, -0.05) is 30.7 Å². The third-order valence-corrected chi connectivity index (χ3v) is 6.03. The van der Waals surface area contributed by atoms with Crippen LogP contribution in [0.25, 0.3) is 0 Å². The quantitative estimate of drug-likeness (QED) is 0.786. The van der Waals surface area contributed by atoms with Gasteiger partial charge in [0, 0.05) is 37.3 Å². The highest BCUT2D eigenvalue weighted by Crippen LogP contribution is 2.32. The number of aryl methyl sites for hydroxylation is 1. The van der Waals surface area contributed by atoms with Gasteiger partial charge >= 0.3 is 0 Å². The Morgan fingerprint density at radius 1 is 1.10 bits per heavy atom. The van der Waals surface area contributed by atoms with Crippen LogP contribution in [-0.4, -0.2) is 30.8 Å². The van der Waals surface area contributed by atoms with Gasteiger partial charge < -0.3 is 15.1 Å². The second-order valence-corrected chi connectivity index (χ2v) is 8.14. The van der Waals surface area contributed by atoms with Crippen LogP contribution in [0.3, 0.4) is 0 Å². The molecule has 1 unspecified atom stereocenters. The number of hydrogen-bond donors (Lipinski definition) is 1. The Balaban J connectivity index is 1.42. The number of benzene rings is 2. The van der Waals surface area contributed by atoms with Crippen LogP contribution in [0.5, 0.6) is 0 Å². The molecule has 1 atom stereocenters. The number of carbonyl (C=O) groups excluding carboxylic acids is 3. The number of rotatable bonds is 5. The second kappa shape index (κ2) is 8.48. The van der Waals surface area contributed by atoms with Gasteiger partial charge in [0.25, 0.3) is 0 Å². The van der Waals surface area contributed by atoms with E-state index in [0.717, 1.165) is 18.5 Å². The fourth-order valence-electron chi connectivity index (χ4n) is 4.00. The average molecular weight is 426 g/mol. The van der Waals surface area contributed by atoms with Crippen molar-refractivity contribution in [3.8, 4) is 0 Å². The SMILES string of the molecule is CCc1ccc(N2CC(C(=O)Nc3ccc(N4CCCC4=O)c(Cl)c3)CC2=O)cc1. The van der Waals surface area contributed by atoms with Crippen molar-refractivity contribution < 1.29 is 14.4 Å².